The maximum Gasteiger partial charge on any atom is 0.229 e. The van der Waals surface area contributed by atoms with Crippen molar-refractivity contribution in [2.75, 3.05) is 12.4 Å². The quantitative estimate of drug-likeness (QED) is 0.584. The molecule has 3 heterocycles. The van der Waals surface area contributed by atoms with Gasteiger partial charge in [0.05, 0.1) is 19.0 Å². The van der Waals surface area contributed by atoms with E-state index in [1.807, 2.05) is 30.3 Å². The minimum Gasteiger partial charge on any atom is -0.495 e. The maximum atomic E-state index is 5.39. The van der Waals surface area contributed by atoms with Gasteiger partial charge in [0.15, 0.2) is 11.5 Å². The molecule has 1 N–H and O–H groups in total. The van der Waals surface area contributed by atoms with Gasteiger partial charge in [-0.15, -0.1) is 0 Å². The number of hydrogen-bond acceptors (Lipinski definition) is 7. The van der Waals surface area contributed by atoms with Gasteiger partial charge in [0.2, 0.25) is 5.95 Å². The van der Waals surface area contributed by atoms with Crippen LogP contribution in [0, 0.1) is 0 Å². The van der Waals surface area contributed by atoms with Crippen molar-refractivity contribution in [1.29, 1.82) is 0 Å². The highest BCUT2D eigenvalue weighted by Gasteiger charge is 2.30. The minimum absolute atomic E-state index is 0.397. The van der Waals surface area contributed by atoms with E-state index in [2.05, 4.69) is 24.8 Å². The number of para-hydroxylation sites is 2. The zero-order valence-electron chi connectivity index (χ0n) is 14.7. The summed E-state index contributed by atoms with van der Waals surface area (Å²) in [5.41, 5.74) is 3.15. The fourth-order valence-corrected chi connectivity index (χ4v) is 3.10. The molecule has 0 spiro atoms. The SMILES string of the molecule is COc1ccccc1Nc1ncc2nc(-c3ccncn3)n(C3CC3)c2n1. The Kier molecular flexibility index (Phi) is 3.67. The lowest BCUT2D eigenvalue weighted by Gasteiger charge is -2.10. The lowest BCUT2D eigenvalue weighted by Crippen LogP contribution is -2.03. The molecule has 1 aliphatic rings. The molecule has 8 heteroatoms. The van der Waals surface area contributed by atoms with Crippen LogP contribution in [0.2, 0.25) is 0 Å². The first kappa shape index (κ1) is 15.7. The molecule has 0 atom stereocenters. The molecule has 1 fully saturated rings. The molecule has 3 aromatic heterocycles. The topological polar surface area (TPSA) is 90.6 Å². The molecule has 0 saturated heterocycles. The van der Waals surface area contributed by atoms with E-state index in [-0.39, 0.29) is 0 Å². The van der Waals surface area contributed by atoms with Gasteiger partial charge < -0.3 is 14.6 Å². The first-order valence-electron chi connectivity index (χ1n) is 8.75. The predicted molar refractivity (Wildman–Crippen MR) is 101 cm³/mol. The van der Waals surface area contributed by atoms with Crippen molar-refractivity contribution in [3.05, 3.63) is 49.1 Å². The van der Waals surface area contributed by atoms with Crippen molar-refractivity contribution in [1.82, 2.24) is 29.5 Å². The molecule has 1 aliphatic carbocycles. The van der Waals surface area contributed by atoms with E-state index < -0.39 is 0 Å². The Morgan fingerprint density at radius 3 is 2.78 bits per heavy atom. The number of aromatic nitrogens is 6. The summed E-state index contributed by atoms with van der Waals surface area (Å²) in [6.45, 7) is 0. The van der Waals surface area contributed by atoms with Crippen LogP contribution in [0.1, 0.15) is 18.9 Å². The predicted octanol–water partition coefficient (Wildman–Crippen LogP) is 3.37. The van der Waals surface area contributed by atoms with Crippen LogP contribution >= 0.6 is 0 Å². The number of nitrogens with one attached hydrogen (secondary N) is 1. The number of imidazole rings is 1. The van der Waals surface area contributed by atoms with E-state index in [1.165, 1.54) is 6.33 Å². The first-order valence-corrected chi connectivity index (χ1v) is 8.75. The van der Waals surface area contributed by atoms with Crippen molar-refractivity contribution in [3.8, 4) is 17.3 Å². The van der Waals surface area contributed by atoms with Gasteiger partial charge in [0, 0.05) is 12.2 Å². The van der Waals surface area contributed by atoms with Crippen LogP contribution < -0.4 is 10.1 Å². The number of methoxy groups -OCH3 is 1. The molecule has 4 aromatic rings. The van der Waals surface area contributed by atoms with Crippen molar-refractivity contribution >= 4 is 22.8 Å². The number of ether oxygens (including phenoxy) is 1. The summed E-state index contributed by atoms with van der Waals surface area (Å²) >= 11 is 0. The molecule has 1 saturated carbocycles. The highest BCUT2D eigenvalue weighted by atomic mass is 16.5. The third-order valence-corrected chi connectivity index (χ3v) is 4.51. The van der Waals surface area contributed by atoms with E-state index in [9.17, 15) is 0 Å². The van der Waals surface area contributed by atoms with Gasteiger partial charge in [0.25, 0.3) is 0 Å². The highest BCUT2D eigenvalue weighted by Crippen LogP contribution is 2.40. The van der Waals surface area contributed by atoms with E-state index >= 15 is 0 Å². The number of fused-ring (bicyclic) bond motifs is 1. The number of anilines is 2. The summed E-state index contributed by atoms with van der Waals surface area (Å²) in [6, 6.07) is 9.94. The van der Waals surface area contributed by atoms with Gasteiger partial charge in [-0.1, -0.05) is 12.1 Å². The molecule has 5 rings (SSSR count). The lowest BCUT2D eigenvalue weighted by atomic mass is 10.3. The molecule has 0 amide bonds. The Bertz CT molecular complexity index is 1110. The van der Waals surface area contributed by atoms with Crippen LogP contribution in [-0.4, -0.2) is 36.6 Å². The van der Waals surface area contributed by atoms with E-state index in [0.29, 0.717) is 12.0 Å². The van der Waals surface area contributed by atoms with Crippen molar-refractivity contribution in [3.63, 3.8) is 0 Å². The normalized spacial score (nSPS) is 13.7. The van der Waals surface area contributed by atoms with Gasteiger partial charge in [0.1, 0.15) is 23.3 Å². The summed E-state index contributed by atoms with van der Waals surface area (Å²) in [5, 5.41) is 3.24. The largest absolute Gasteiger partial charge is 0.495 e. The summed E-state index contributed by atoms with van der Waals surface area (Å²) in [4.78, 5) is 22.2. The highest BCUT2D eigenvalue weighted by molar-refractivity contribution is 5.78. The third-order valence-electron chi connectivity index (χ3n) is 4.51. The first-order chi connectivity index (χ1) is 13.3. The lowest BCUT2D eigenvalue weighted by molar-refractivity contribution is 0.417. The number of benzene rings is 1. The third kappa shape index (κ3) is 2.84. The smallest absolute Gasteiger partial charge is 0.229 e. The standard InChI is InChI=1S/C19H17N7O/c1-27-16-5-3-2-4-13(16)24-19-21-10-15-18(25-19)26(12-6-7-12)17(23-15)14-8-9-20-11-22-14/h2-5,8-12H,6-7H2,1H3,(H,21,24,25). The Morgan fingerprint density at radius 1 is 1.11 bits per heavy atom. The average molecular weight is 359 g/mol. The molecule has 0 aliphatic heterocycles. The second-order valence-corrected chi connectivity index (χ2v) is 6.36. The van der Waals surface area contributed by atoms with Crippen LogP contribution in [0.4, 0.5) is 11.6 Å². The average Bonchev–Trinajstić information content (AvgIpc) is 3.49. The molecule has 0 bridgehead atoms. The van der Waals surface area contributed by atoms with Crippen LogP contribution in [0.25, 0.3) is 22.7 Å². The fourth-order valence-electron chi connectivity index (χ4n) is 3.10. The molecule has 0 radical (unpaired) electrons. The molecule has 134 valence electrons. The van der Waals surface area contributed by atoms with Gasteiger partial charge >= 0.3 is 0 Å². The summed E-state index contributed by atoms with van der Waals surface area (Å²) < 4.78 is 7.55. The monoisotopic (exact) mass is 359 g/mol. The Hall–Kier alpha value is -3.55. The van der Waals surface area contributed by atoms with E-state index in [0.717, 1.165) is 47.0 Å². The van der Waals surface area contributed by atoms with Gasteiger partial charge in [-0.2, -0.15) is 4.98 Å². The number of nitrogens with zero attached hydrogens (tertiary/aromatic N) is 6. The number of hydrogen-bond donors (Lipinski definition) is 1. The van der Waals surface area contributed by atoms with Crippen molar-refractivity contribution < 1.29 is 4.74 Å². The summed E-state index contributed by atoms with van der Waals surface area (Å²) in [5.74, 6) is 2.04. The number of rotatable bonds is 5. The summed E-state index contributed by atoms with van der Waals surface area (Å²) in [7, 11) is 1.64. The van der Waals surface area contributed by atoms with Gasteiger partial charge in [-0.3, -0.25) is 0 Å². The molecular weight excluding hydrogens is 342 g/mol. The van der Waals surface area contributed by atoms with Crippen LogP contribution in [0.3, 0.4) is 0 Å². The van der Waals surface area contributed by atoms with Crippen LogP contribution in [-0.2, 0) is 0 Å². The van der Waals surface area contributed by atoms with Crippen LogP contribution in [0.5, 0.6) is 5.75 Å². The van der Waals surface area contributed by atoms with E-state index in [4.69, 9.17) is 14.7 Å². The summed E-state index contributed by atoms with van der Waals surface area (Å²) in [6.07, 6.45) is 7.22. The molecule has 8 nitrogen and oxygen atoms in total. The Morgan fingerprint density at radius 2 is 2.00 bits per heavy atom. The molecule has 27 heavy (non-hydrogen) atoms. The zero-order valence-corrected chi connectivity index (χ0v) is 14.7. The maximum absolute atomic E-state index is 5.39. The minimum atomic E-state index is 0.397. The van der Waals surface area contributed by atoms with E-state index in [1.54, 1.807) is 19.5 Å². The second-order valence-electron chi connectivity index (χ2n) is 6.36. The second kappa shape index (κ2) is 6.31. The molecular formula is C19H17N7O. The fraction of sp³-hybridized carbons (Fsp3) is 0.211. The van der Waals surface area contributed by atoms with Gasteiger partial charge in [-0.05, 0) is 31.0 Å². The van der Waals surface area contributed by atoms with Crippen molar-refractivity contribution in [2.24, 2.45) is 0 Å². The van der Waals surface area contributed by atoms with Crippen LogP contribution in [0.15, 0.2) is 49.1 Å². The van der Waals surface area contributed by atoms with Gasteiger partial charge in [-0.25, -0.2) is 19.9 Å². The Labute approximate surface area is 155 Å². The zero-order chi connectivity index (χ0) is 18.2. The molecule has 0 unspecified atom stereocenters. The molecule has 1 aromatic carbocycles. The Balaban J connectivity index is 1.60. The van der Waals surface area contributed by atoms with Crippen molar-refractivity contribution in [2.45, 2.75) is 18.9 Å².